The van der Waals surface area contributed by atoms with Crippen LogP contribution in [0.25, 0.3) is 0 Å². The molecular formula is C12H24O2. The molecule has 0 aliphatic heterocycles. The van der Waals surface area contributed by atoms with Gasteiger partial charge in [-0.3, -0.25) is 0 Å². The predicted octanol–water partition coefficient (Wildman–Crippen LogP) is 2.74. The van der Waals surface area contributed by atoms with Crippen molar-refractivity contribution in [1.29, 1.82) is 0 Å². The molecule has 2 heteroatoms. The third-order valence-corrected chi connectivity index (χ3v) is 3.14. The first-order chi connectivity index (χ1) is 6.39. The number of aliphatic hydroxyl groups is 1. The van der Waals surface area contributed by atoms with Crippen molar-refractivity contribution in [2.45, 2.75) is 71.2 Å². The van der Waals surface area contributed by atoms with E-state index < -0.39 is 5.60 Å². The molecule has 0 spiro atoms. The highest BCUT2D eigenvalue weighted by atomic mass is 16.5. The van der Waals surface area contributed by atoms with E-state index in [1.54, 1.807) is 0 Å². The summed E-state index contributed by atoms with van der Waals surface area (Å²) in [5.74, 6) is 0.453. The summed E-state index contributed by atoms with van der Waals surface area (Å²) in [6.07, 6.45) is 5.16. The summed E-state index contributed by atoms with van der Waals surface area (Å²) in [6, 6.07) is 0. The van der Waals surface area contributed by atoms with E-state index in [2.05, 4.69) is 13.8 Å². The molecule has 1 N–H and O–H groups in total. The van der Waals surface area contributed by atoms with Crippen LogP contribution in [0.1, 0.15) is 53.4 Å². The molecule has 0 radical (unpaired) electrons. The van der Waals surface area contributed by atoms with Gasteiger partial charge in [0.1, 0.15) is 0 Å². The standard InChI is InChI=1S/C12H24O2/c1-9(2)14-11-7-5-10(6-8-11)12(3,4)13/h9-11,13H,5-8H2,1-4H3. The highest BCUT2D eigenvalue weighted by Gasteiger charge is 2.31. The Morgan fingerprint density at radius 2 is 1.64 bits per heavy atom. The van der Waals surface area contributed by atoms with Crippen LogP contribution < -0.4 is 0 Å². The van der Waals surface area contributed by atoms with Crippen molar-refractivity contribution in [3.05, 3.63) is 0 Å². The molecule has 84 valence electrons. The van der Waals surface area contributed by atoms with Gasteiger partial charge in [0.25, 0.3) is 0 Å². The van der Waals surface area contributed by atoms with Crippen LogP contribution in [-0.2, 0) is 4.74 Å². The lowest BCUT2D eigenvalue weighted by Crippen LogP contribution is -2.36. The smallest absolute Gasteiger partial charge is 0.0619 e. The van der Waals surface area contributed by atoms with Crippen molar-refractivity contribution >= 4 is 0 Å². The SMILES string of the molecule is CC(C)OC1CCC(C(C)(C)O)CC1. The van der Waals surface area contributed by atoms with Gasteiger partial charge < -0.3 is 9.84 Å². The van der Waals surface area contributed by atoms with Crippen molar-refractivity contribution in [2.75, 3.05) is 0 Å². The second-order valence-electron chi connectivity index (χ2n) is 5.31. The molecule has 0 aromatic rings. The van der Waals surface area contributed by atoms with Gasteiger partial charge in [-0.15, -0.1) is 0 Å². The summed E-state index contributed by atoms with van der Waals surface area (Å²) in [5.41, 5.74) is -0.511. The first kappa shape index (κ1) is 12.0. The molecule has 0 aromatic heterocycles. The van der Waals surface area contributed by atoms with Gasteiger partial charge >= 0.3 is 0 Å². The van der Waals surface area contributed by atoms with Crippen LogP contribution in [0.3, 0.4) is 0 Å². The quantitative estimate of drug-likeness (QED) is 0.759. The fraction of sp³-hybridized carbons (Fsp3) is 1.00. The molecule has 14 heavy (non-hydrogen) atoms. The maximum Gasteiger partial charge on any atom is 0.0619 e. The largest absolute Gasteiger partial charge is 0.390 e. The Bertz CT molecular complexity index is 162. The second kappa shape index (κ2) is 4.63. The van der Waals surface area contributed by atoms with E-state index in [1.165, 1.54) is 0 Å². The molecule has 1 fully saturated rings. The molecule has 0 heterocycles. The van der Waals surface area contributed by atoms with Gasteiger partial charge in [-0.2, -0.15) is 0 Å². The average Bonchev–Trinajstić information content (AvgIpc) is 2.02. The fourth-order valence-corrected chi connectivity index (χ4v) is 2.29. The van der Waals surface area contributed by atoms with E-state index in [0.717, 1.165) is 25.7 Å². The normalized spacial score (nSPS) is 29.6. The molecule has 0 aromatic carbocycles. The van der Waals surface area contributed by atoms with Gasteiger partial charge in [-0.25, -0.2) is 0 Å². The Balaban J connectivity index is 2.31. The maximum atomic E-state index is 9.87. The van der Waals surface area contributed by atoms with Gasteiger partial charge in [0.15, 0.2) is 0 Å². The highest BCUT2D eigenvalue weighted by molar-refractivity contribution is 4.83. The maximum absolute atomic E-state index is 9.87. The molecule has 1 aliphatic carbocycles. The number of rotatable bonds is 3. The van der Waals surface area contributed by atoms with Crippen molar-refractivity contribution in [1.82, 2.24) is 0 Å². The van der Waals surface area contributed by atoms with Crippen molar-refractivity contribution < 1.29 is 9.84 Å². The first-order valence-electron chi connectivity index (χ1n) is 5.77. The Hall–Kier alpha value is -0.0800. The van der Waals surface area contributed by atoms with Crippen molar-refractivity contribution in [3.63, 3.8) is 0 Å². The van der Waals surface area contributed by atoms with Crippen LogP contribution in [0.4, 0.5) is 0 Å². The van der Waals surface area contributed by atoms with Crippen LogP contribution in [0.15, 0.2) is 0 Å². The number of hydrogen-bond donors (Lipinski definition) is 1. The molecule has 2 nitrogen and oxygen atoms in total. The van der Waals surface area contributed by atoms with Crippen molar-refractivity contribution in [2.24, 2.45) is 5.92 Å². The predicted molar refractivity (Wildman–Crippen MR) is 58.3 cm³/mol. The summed E-state index contributed by atoms with van der Waals surface area (Å²) in [7, 11) is 0. The van der Waals surface area contributed by atoms with E-state index >= 15 is 0 Å². The van der Waals surface area contributed by atoms with Crippen LogP contribution in [0.5, 0.6) is 0 Å². The monoisotopic (exact) mass is 200 g/mol. The zero-order valence-corrected chi connectivity index (χ0v) is 9.92. The fourth-order valence-electron chi connectivity index (χ4n) is 2.29. The summed E-state index contributed by atoms with van der Waals surface area (Å²) in [5, 5.41) is 9.87. The molecular weight excluding hydrogens is 176 g/mol. The molecule has 0 saturated heterocycles. The molecule has 1 aliphatic rings. The minimum atomic E-state index is -0.511. The van der Waals surface area contributed by atoms with Gasteiger partial charge in [0, 0.05) is 0 Å². The lowest BCUT2D eigenvalue weighted by Gasteiger charge is -2.36. The third kappa shape index (κ3) is 3.58. The number of hydrogen-bond acceptors (Lipinski definition) is 2. The summed E-state index contributed by atoms with van der Waals surface area (Å²) < 4.78 is 5.77. The van der Waals surface area contributed by atoms with Crippen LogP contribution in [0.2, 0.25) is 0 Å². The second-order valence-corrected chi connectivity index (χ2v) is 5.31. The molecule has 0 unspecified atom stereocenters. The number of ether oxygens (including phenoxy) is 1. The highest BCUT2D eigenvalue weighted by Crippen LogP contribution is 2.33. The summed E-state index contributed by atoms with van der Waals surface area (Å²) in [4.78, 5) is 0. The van der Waals surface area contributed by atoms with E-state index in [-0.39, 0.29) is 0 Å². The van der Waals surface area contributed by atoms with Crippen molar-refractivity contribution in [3.8, 4) is 0 Å². The van der Waals surface area contributed by atoms with Gasteiger partial charge in [-0.05, 0) is 59.3 Å². The topological polar surface area (TPSA) is 29.5 Å². The Kier molecular flexibility index (Phi) is 3.96. The van der Waals surface area contributed by atoms with Crippen LogP contribution in [-0.4, -0.2) is 22.9 Å². The Morgan fingerprint density at radius 1 is 1.14 bits per heavy atom. The lowest BCUT2D eigenvalue weighted by atomic mass is 9.78. The minimum absolute atomic E-state index is 0.332. The van der Waals surface area contributed by atoms with Crippen LogP contribution in [0, 0.1) is 5.92 Å². The first-order valence-corrected chi connectivity index (χ1v) is 5.77. The summed E-state index contributed by atoms with van der Waals surface area (Å²) in [6.45, 7) is 8.01. The molecule has 0 amide bonds. The van der Waals surface area contributed by atoms with E-state index in [9.17, 15) is 5.11 Å². The van der Waals surface area contributed by atoms with E-state index in [1.807, 2.05) is 13.8 Å². The lowest BCUT2D eigenvalue weighted by molar-refractivity contribution is -0.0550. The molecule has 1 rings (SSSR count). The Morgan fingerprint density at radius 3 is 2.00 bits per heavy atom. The zero-order chi connectivity index (χ0) is 10.8. The average molecular weight is 200 g/mol. The van der Waals surface area contributed by atoms with Gasteiger partial charge in [0.05, 0.1) is 17.8 Å². The summed E-state index contributed by atoms with van der Waals surface area (Å²) >= 11 is 0. The van der Waals surface area contributed by atoms with E-state index in [0.29, 0.717) is 18.1 Å². The molecule has 0 bridgehead atoms. The third-order valence-electron chi connectivity index (χ3n) is 3.14. The molecule has 0 atom stereocenters. The van der Waals surface area contributed by atoms with E-state index in [4.69, 9.17) is 4.74 Å². The zero-order valence-electron chi connectivity index (χ0n) is 9.92. The molecule has 1 saturated carbocycles. The Labute approximate surface area is 87.7 Å². The minimum Gasteiger partial charge on any atom is -0.390 e. The van der Waals surface area contributed by atoms with Crippen LogP contribution >= 0.6 is 0 Å². The van der Waals surface area contributed by atoms with Gasteiger partial charge in [-0.1, -0.05) is 0 Å². The van der Waals surface area contributed by atoms with Gasteiger partial charge in [0.2, 0.25) is 0 Å².